The van der Waals surface area contributed by atoms with Crippen molar-refractivity contribution in [2.75, 3.05) is 0 Å². The molecule has 4 nitrogen and oxygen atoms in total. The van der Waals surface area contributed by atoms with Gasteiger partial charge in [-0.05, 0) is 26.7 Å². The van der Waals surface area contributed by atoms with E-state index in [-0.39, 0.29) is 28.9 Å². The zero-order valence-electron chi connectivity index (χ0n) is 15.4. The second kappa shape index (κ2) is 9.34. The smallest absolute Gasteiger partial charge is 0.408 e. The van der Waals surface area contributed by atoms with Gasteiger partial charge in [0.25, 0.3) is 0 Å². The van der Waals surface area contributed by atoms with Crippen LogP contribution in [0, 0.1) is 5.92 Å². The standard InChI is InChI=1S/C19H26N2O2S.BrH/c1-6-13(2)16(21-18(22)23-19(3,4)5)17-20-15(12-24-17)14-10-8-7-9-11-14;/h7-13,16H,6H2,1-5H3,(H,21,22);1H/p-1/t13-,16-;/m0./s1. The topological polar surface area (TPSA) is 51.2 Å². The van der Waals surface area contributed by atoms with Crippen molar-refractivity contribution in [1.29, 1.82) is 0 Å². The number of hydrogen-bond donors (Lipinski definition) is 1. The summed E-state index contributed by atoms with van der Waals surface area (Å²) in [5.41, 5.74) is 1.51. The summed E-state index contributed by atoms with van der Waals surface area (Å²) in [6, 6.07) is 9.92. The Morgan fingerprint density at radius 1 is 1.28 bits per heavy atom. The van der Waals surface area contributed by atoms with Crippen LogP contribution in [0.1, 0.15) is 52.1 Å². The molecule has 138 valence electrons. The molecule has 1 heterocycles. The number of hydrogen-bond acceptors (Lipinski definition) is 4. The minimum absolute atomic E-state index is 0. The molecule has 0 saturated carbocycles. The van der Waals surface area contributed by atoms with Gasteiger partial charge in [0.15, 0.2) is 0 Å². The number of carbonyl (C=O) groups is 1. The first kappa shape index (κ1) is 21.6. The van der Waals surface area contributed by atoms with Crippen LogP contribution in [0.25, 0.3) is 11.3 Å². The Morgan fingerprint density at radius 3 is 2.48 bits per heavy atom. The molecule has 1 aromatic heterocycles. The molecule has 0 aliphatic heterocycles. The Labute approximate surface area is 164 Å². The fourth-order valence-electron chi connectivity index (χ4n) is 2.29. The highest BCUT2D eigenvalue weighted by Crippen LogP contribution is 2.30. The third-order valence-corrected chi connectivity index (χ3v) is 4.67. The molecule has 0 aliphatic rings. The number of nitrogens with one attached hydrogen (secondary N) is 1. The molecule has 2 aromatic rings. The van der Waals surface area contributed by atoms with Crippen molar-refractivity contribution in [2.45, 2.75) is 52.7 Å². The highest BCUT2D eigenvalue weighted by molar-refractivity contribution is 7.10. The Hall–Kier alpha value is -1.40. The van der Waals surface area contributed by atoms with Crippen LogP contribution in [0.2, 0.25) is 0 Å². The van der Waals surface area contributed by atoms with Gasteiger partial charge < -0.3 is 27.0 Å². The Bertz CT molecular complexity index is 668. The van der Waals surface area contributed by atoms with Crippen LogP contribution in [0.15, 0.2) is 35.7 Å². The molecule has 1 N–H and O–H groups in total. The molecule has 0 aliphatic carbocycles. The van der Waals surface area contributed by atoms with Gasteiger partial charge in [-0.15, -0.1) is 11.3 Å². The van der Waals surface area contributed by atoms with E-state index in [2.05, 4.69) is 19.2 Å². The van der Waals surface area contributed by atoms with E-state index in [1.807, 2.05) is 56.5 Å². The number of benzene rings is 1. The largest absolute Gasteiger partial charge is 1.00 e. The zero-order valence-corrected chi connectivity index (χ0v) is 17.8. The van der Waals surface area contributed by atoms with Crippen molar-refractivity contribution in [1.82, 2.24) is 10.3 Å². The quantitative estimate of drug-likeness (QED) is 0.799. The molecule has 0 fully saturated rings. The van der Waals surface area contributed by atoms with Crippen molar-refractivity contribution in [2.24, 2.45) is 5.92 Å². The molecule has 1 aromatic carbocycles. The number of thiazole rings is 1. The third-order valence-electron chi connectivity index (χ3n) is 3.74. The highest BCUT2D eigenvalue weighted by Gasteiger charge is 2.26. The fraction of sp³-hybridized carbons (Fsp3) is 0.474. The molecule has 0 saturated heterocycles. The summed E-state index contributed by atoms with van der Waals surface area (Å²) in [5, 5.41) is 5.94. The molecule has 0 spiro atoms. The van der Waals surface area contributed by atoms with Crippen LogP contribution in [-0.4, -0.2) is 16.7 Å². The highest BCUT2D eigenvalue weighted by atomic mass is 79.9. The number of ether oxygens (including phenoxy) is 1. The first-order valence-corrected chi connectivity index (χ1v) is 9.18. The van der Waals surface area contributed by atoms with Gasteiger partial charge in [0.1, 0.15) is 10.6 Å². The number of amides is 1. The first-order valence-electron chi connectivity index (χ1n) is 8.30. The number of halogens is 1. The average Bonchev–Trinajstić information content (AvgIpc) is 3.00. The third kappa shape index (κ3) is 6.44. The average molecular weight is 426 g/mol. The lowest BCUT2D eigenvalue weighted by molar-refractivity contribution is -0.0000284. The van der Waals surface area contributed by atoms with E-state index in [0.717, 1.165) is 22.7 Å². The monoisotopic (exact) mass is 425 g/mol. The van der Waals surface area contributed by atoms with Crippen molar-refractivity contribution < 1.29 is 26.5 Å². The maximum atomic E-state index is 12.2. The van der Waals surface area contributed by atoms with Crippen molar-refractivity contribution in [3.8, 4) is 11.3 Å². The molecule has 0 radical (unpaired) electrons. The predicted octanol–water partition coefficient (Wildman–Crippen LogP) is 2.43. The molecule has 2 atom stereocenters. The zero-order chi connectivity index (χ0) is 17.7. The van der Waals surface area contributed by atoms with E-state index in [9.17, 15) is 4.79 Å². The maximum absolute atomic E-state index is 12.2. The predicted molar refractivity (Wildman–Crippen MR) is 99.1 cm³/mol. The number of rotatable bonds is 5. The number of alkyl carbamates (subject to hydrolysis) is 1. The van der Waals surface area contributed by atoms with Gasteiger partial charge in [-0.25, -0.2) is 9.78 Å². The van der Waals surface area contributed by atoms with Gasteiger partial charge in [0.2, 0.25) is 0 Å². The second-order valence-corrected chi connectivity index (χ2v) is 7.84. The molecule has 2 rings (SSSR count). The van der Waals surface area contributed by atoms with Crippen molar-refractivity contribution in [3.63, 3.8) is 0 Å². The van der Waals surface area contributed by atoms with E-state index in [0.29, 0.717) is 0 Å². The Morgan fingerprint density at radius 2 is 1.92 bits per heavy atom. The van der Waals surface area contributed by atoms with Crippen molar-refractivity contribution >= 4 is 17.4 Å². The molecular weight excluding hydrogens is 400 g/mol. The lowest BCUT2D eigenvalue weighted by atomic mass is 10.00. The summed E-state index contributed by atoms with van der Waals surface area (Å²) in [7, 11) is 0. The van der Waals surface area contributed by atoms with Gasteiger partial charge >= 0.3 is 6.09 Å². The number of nitrogens with zero attached hydrogens (tertiary/aromatic N) is 1. The summed E-state index contributed by atoms with van der Waals surface area (Å²) in [6.45, 7) is 9.82. The summed E-state index contributed by atoms with van der Waals surface area (Å²) in [4.78, 5) is 16.9. The lowest BCUT2D eigenvalue weighted by Gasteiger charge is -2.25. The van der Waals surface area contributed by atoms with E-state index < -0.39 is 11.7 Å². The minimum Gasteiger partial charge on any atom is -1.00 e. The Balaban J connectivity index is 0.00000312. The molecule has 25 heavy (non-hydrogen) atoms. The van der Waals surface area contributed by atoms with Gasteiger partial charge in [0.05, 0.1) is 11.7 Å². The van der Waals surface area contributed by atoms with Crippen LogP contribution in [0.3, 0.4) is 0 Å². The number of aromatic nitrogens is 1. The van der Waals surface area contributed by atoms with E-state index in [1.54, 1.807) is 11.3 Å². The van der Waals surface area contributed by atoms with Gasteiger partial charge in [-0.2, -0.15) is 0 Å². The summed E-state index contributed by atoms with van der Waals surface area (Å²) in [5.74, 6) is 0.271. The minimum atomic E-state index is -0.512. The maximum Gasteiger partial charge on any atom is 0.408 e. The van der Waals surface area contributed by atoms with Crippen molar-refractivity contribution in [3.05, 3.63) is 40.7 Å². The fourth-order valence-corrected chi connectivity index (χ4v) is 3.30. The van der Waals surface area contributed by atoms with E-state index in [4.69, 9.17) is 9.72 Å². The first-order chi connectivity index (χ1) is 11.3. The van der Waals surface area contributed by atoms with Crippen LogP contribution in [0.5, 0.6) is 0 Å². The molecule has 1 amide bonds. The summed E-state index contributed by atoms with van der Waals surface area (Å²) in [6.07, 6.45) is 0.546. The molecule has 0 unspecified atom stereocenters. The van der Waals surface area contributed by atoms with Gasteiger partial charge in [-0.3, -0.25) is 0 Å². The van der Waals surface area contributed by atoms with Gasteiger partial charge in [-0.1, -0.05) is 50.6 Å². The number of carbonyl (C=O) groups excluding carboxylic acids is 1. The SMILES string of the molecule is CC[C@H](C)[C@H](NC(=O)OC(C)(C)C)c1nc(-c2ccccc2)cs1.[Br-]. The molecule has 0 bridgehead atoms. The van der Waals surface area contributed by atoms with Crippen LogP contribution >= 0.6 is 11.3 Å². The van der Waals surface area contributed by atoms with E-state index in [1.165, 1.54) is 0 Å². The lowest BCUT2D eigenvalue weighted by Crippen LogP contribution is -3.00. The van der Waals surface area contributed by atoms with Crippen LogP contribution in [0.4, 0.5) is 4.79 Å². The molecule has 6 heteroatoms. The summed E-state index contributed by atoms with van der Waals surface area (Å²) < 4.78 is 5.40. The van der Waals surface area contributed by atoms with E-state index >= 15 is 0 Å². The normalized spacial score (nSPS) is 13.5. The Kier molecular flexibility index (Phi) is 8.09. The summed E-state index contributed by atoms with van der Waals surface area (Å²) >= 11 is 1.57. The van der Waals surface area contributed by atoms with Crippen LogP contribution in [-0.2, 0) is 4.74 Å². The second-order valence-electron chi connectivity index (χ2n) is 6.95. The van der Waals surface area contributed by atoms with Crippen LogP contribution < -0.4 is 22.3 Å². The molecular formula is C19H26BrN2O2S-. The van der Waals surface area contributed by atoms with Gasteiger partial charge in [0, 0.05) is 10.9 Å².